The number of alkyl halides is 1. The van der Waals surface area contributed by atoms with E-state index in [1.807, 2.05) is 12.1 Å². The minimum Gasteiger partial charge on any atom is -0.492 e. The third-order valence-corrected chi connectivity index (χ3v) is 3.78. The van der Waals surface area contributed by atoms with Crippen LogP contribution in [0.1, 0.15) is 24.5 Å². The molecule has 1 heterocycles. The minimum atomic E-state index is -0.871. The van der Waals surface area contributed by atoms with E-state index in [0.717, 1.165) is 24.3 Å². The van der Waals surface area contributed by atoms with Gasteiger partial charge < -0.3 is 14.8 Å². The zero-order chi connectivity index (χ0) is 15.8. The van der Waals surface area contributed by atoms with E-state index >= 15 is 0 Å². The summed E-state index contributed by atoms with van der Waals surface area (Å²) >= 11 is 0. The first kappa shape index (κ1) is 16.5. The van der Waals surface area contributed by atoms with Crippen LogP contribution in [0.4, 0.5) is 4.39 Å². The van der Waals surface area contributed by atoms with Crippen LogP contribution in [-0.4, -0.2) is 39.0 Å². The van der Waals surface area contributed by atoms with Gasteiger partial charge in [-0.05, 0) is 42.6 Å². The molecule has 120 valence electrons. The van der Waals surface area contributed by atoms with Gasteiger partial charge in [0.2, 0.25) is 0 Å². The van der Waals surface area contributed by atoms with Gasteiger partial charge in [-0.1, -0.05) is 17.2 Å². The van der Waals surface area contributed by atoms with E-state index in [2.05, 4.69) is 15.3 Å². The van der Waals surface area contributed by atoms with E-state index in [4.69, 9.17) is 15.0 Å². The molecule has 1 aliphatic rings. The zero-order valence-corrected chi connectivity index (χ0v) is 12.6. The Morgan fingerprint density at radius 2 is 2.23 bits per heavy atom. The van der Waals surface area contributed by atoms with Crippen LogP contribution >= 0.6 is 0 Å². The summed E-state index contributed by atoms with van der Waals surface area (Å²) in [6, 6.07) is 6.79. The second kappa shape index (κ2) is 8.58. The van der Waals surface area contributed by atoms with Crippen LogP contribution in [0.25, 0.3) is 10.4 Å². The molecule has 0 radical (unpaired) electrons. The molecule has 0 aliphatic carbocycles. The molecule has 0 amide bonds. The third-order valence-electron chi connectivity index (χ3n) is 3.78. The quantitative estimate of drug-likeness (QED) is 0.455. The first-order valence-electron chi connectivity index (χ1n) is 7.37. The lowest BCUT2D eigenvalue weighted by Crippen LogP contribution is -2.28. The topological polar surface area (TPSA) is 79.2 Å². The van der Waals surface area contributed by atoms with Crippen molar-refractivity contribution in [3.05, 3.63) is 40.3 Å². The highest BCUT2D eigenvalue weighted by Gasteiger charge is 2.22. The predicted molar refractivity (Wildman–Crippen MR) is 81.6 cm³/mol. The Labute approximate surface area is 129 Å². The Hall–Kier alpha value is -1.82. The summed E-state index contributed by atoms with van der Waals surface area (Å²) in [5.41, 5.74) is 9.24. The lowest BCUT2D eigenvalue weighted by Gasteiger charge is -2.20. The van der Waals surface area contributed by atoms with Gasteiger partial charge in [0.05, 0.1) is 12.1 Å². The molecule has 1 N–H and O–H groups in total. The standard InChI is InChI=1S/C15H21FN4O2/c1-21-15(14(9-16)19-20-17)11-4-6-13(7-5-11)22-10-12-3-2-8-18-12/h4-7,12,14-15,18H,2-3,8-10H2,1H3/t12-,14-,15-/m1/s1. The van der Waals surface area contributed by atoms with E-state index in [-0.39, 0.29) is 0 Å². The van der Waals surface area contributed by atoms with Crippen LogP contribution in [-0.2, 0) is 4.74 Å². The summed E-state index contributed by atoms with van der Waals surface area (Å²) < 4.78 is 24.0. The molecular weight excluding hydrogens is 287 g/mol. The van der Waals surface area contributed by atoms with Gasteiger partial charge >= 0.3 is 0 Å². The number of rotatable bonds is 8. The number of methoxy groups -OCH3 is 1. The summed E-state index contributed by atoms with van der Waals surface area (Å²) in [5.74, 6) is 0.757. The molecule has 0 aromatic heterocycles. The van der Waals surface area contributed by atoms with E-state index in [0.29, 0.717) is 12.6 Å². The Morgan fingerprint density at radius 1 is 1.45 bits per heavy atom. The van der Waals surface area contributed by atoms with Crippen molar-refractivity contribution < 1.29 is 13.9 Å². The highest BCUT2D eigenvalue weighted by atomic mass is 19.1. The van der Waals surface area contributed by atoms with Crippen LogP contribution in [0.5, 0.6) is 5.75 Å². The van der Waals surface area contributed by atoms with Crippen molar-refractivity contribution in [3.63, 3.8) is 0 Å². The number of benzene rings is 1. The molecule has 0 bridgehead atoms. The zero-order valence-electron chi connectivity index (χ0n) is 12.6. The maximum absolute atomic E-state index is 13.0. The molecule has 3 atom stereocenters. The average molecular weight is 308 g/mol. The number of nitrogens with zero attached hydrogens (tertiary/aromatic N) is 3. The van der Waals surface area contributed by atoms with Crippen LogP contribution in [0.2, 0.25) is 0 Å². The Morgan fingerprint density at radius 3 is 2.77 bits per heavy atom. The number of halogens is 1. The number of hydrogen-bond acceptors (Lipinski definition) is 4. The van der Waals surface area contributed by atoms with Gasteiger partial charge in [-0.2, -0.15) is 0 Å². The van der Waals surface area contributed by atoms with Gasteiger partial charge in [0.15, 0.2) is 0 Å². The van der Waals surface area contributed by atoms with Crippen LogP contribution in [0.15, 0.2) is 29.4 Å². The smallest absolute Gasteiger partial charge is 0.119 e. The molecule has 1 aliphatic heterocycles. The van der Waals surface area contributed by atoms with Crippen LogP contribution in [0.3, 0.4) is 0 Å². The van der Waals surface area contributed by atoms with Crippen LogP contribution in [0, 0.1) is 0 Å². The first-order chi connectivity index (χ1) is 10.8. The number of ether oxygens (including phenoxy) is 2. The average Bonchev–Trinajstić information content (AvgIpc) is 3.07. The fourth-order valence-corrected chi connectivity index (χ4v) is 2.60. The van der Waals surface area contributed by atoms with Crippen molar-refractivity contribution in [2.24, 2.45) is 5.11 Å². The molecule has 1 saturated heterocycles. The molecule has 22 heavy (non-hydrogen) atoms. The van der Waals surface area contributed by atoms with Gasteiger partial charge in [-0.3, -0.25) is 4.39 Å². The Kier molecular flexibility index (Phi) is 6.45. The SMILES string of the molecule is CO[C@H](c1ccc(OC[C@H]2CCCN2)cc1)[C@@H](CF)N=[N+]=[N-]. The largest absolute Gasteiger partial charge is 0.492 e. The molecule has 2 rings (SSSR count). The summed E-state index contributed by atoms with van der Waals surface area (Å²) in [6.07, 6.45) is 1.71. The fraction of sp³-hybridized carbons (Fsp3) is 0.600. The van der Waals surface area contributed by atoms with E-state index < -0.39 is 18.8 Å². The van der Waals surface area contributed by atoms with Gasteiger partial charge in [-0.15, -0.1) is 0 Å². The van der Waals surface area contributed by atoms with Crippen LogP contribution < -0.4 is 10.1 Å². The van der Waals surface area contributed by atoms with Crippen molar-refractivity contribution in [2.45, 2.75) is 31.0 Å². The third kappa shape index (κ3) is 4.34. The van der Waals surface area contributed by atoms with Gasteiger partial charge in [0.1, 0.15) is 19.0 Å². The lowest BCUT2D eigenvalue weighted by molar-refractivity contribution is 0.0721. The second-order valence-corrected chi connectivity index (χ2v) is 5.26. The normalized spacial score (nSPS) is 20.2. The van der Waals surface area contributed by atoms with Gasteiger partial charge in [-0.25, -0.2) is 0 Å². The van der Waals surface area contributed by atoms with Crippen molar-refractivity contribution in [1.29, 1.82) is 0 Å². The van der Waals surface area contributed by atoms with Crippen molar-refractivity contribution in [3.8, 4) is 5.75 Å². The molecule has 1 aromatic rings. The molecule has 0 saturated carbocycles. The summed E-state index contributed by atoms with van der Waals surface area (Å²) in [6.45, 7) is 0.916. The summed E-state index contributed by atoms with van der Waals surface area (Å²) in [4.78, 5) is 2.67. The minimum absolute atomic E-state index is 0.410. The first-order valence-corrected chi connectivity index (χ1v) is 7.37. The van der Waals surface area contributed by atoms with Gasteiger partial charge in [0.25, 0.3) is 0 Å². The molecule has 1 aromatic carbocycles. The number of hydrogen-bond donors (Lipinski definition) is 1. The van der Waals surface area contributed by atoms with Crippen molar-refractivity contribution in [2.75, 3.05) is 26.9 Å². The highest BCUT2D eigenvalue weighted by molar-refractivity contribution is 5.29. The predicted octanol–water partition coefficient (Wildman–Crippen LogP) is 3.15. The molecular formula is C15H21FN4O2. The maximum atomic E-state index is 13.0. The fourth-order valence-electron chi connectivity index (χ4n) is 2.60. The van der Waals surface area contributed by atoms with E-state index in [9.17, 15) is 4.39 Å². The van der Waals surface area contributed by atoms with E-state index in [1.165, 1.54) is 13.5 Å². The number of azide groups is 1. The second-order valence-electron chi connectivity index (χ2n) is 5.26. The van der Waals surface area contributed by atoms with Crippen molar-refractivity contribution >= 4 is 0 Å². The molecule has 6 nitrogen and oxygen atoms in total. The molecule has 0 unspecified atom stereocenters. The van der Waals surface area contributed by atoms with Crippen molar-refractivity contribution in [1.82, 2.24) is 5.32 Å². The Bertz CT molecular complexity index is 499. The Balaban J connectivity index is 1.97. The highest BCUT2D eigenvalue weighted by Crippen LogP contribution is 2.25. The molecule has 7 heteroatoms. The van der Waals surface area contributed by atoms with Gasteiger partial charge in [0, 0.05) is 18.1 Å². The molecule has 1 fully saturated rings. The summed E-state index contributed by atoms with van der Waals surface area (Å²) in [5, 5.41) is 6.81. The molecule has 0 spiro atoms. The lowest BCUT2D eigenvalue weighted by atomic mass is 10.0. The summed E-state index contributed by atoms with van der Waals surface area (Å²) in [7, 11) is 1.47. The van der Waals surface area contributed by atoms with E-state index in [1.54, 1.807) is 12.1 Å². The monoisotopic (exact) mass is 308 g/mol. The number of nitrogens with one attached hydrogen (secondary N) is 1. The maximum Gasteiger partial charge on any atom is 0.119 e.